The molecule has 0 aliphatic heterocycles. The van der Waals surface area contributed by atoms with Gasteiger partial charge in [-0.1, -0.05) is 12.1 Å². The fraction of sp³-hybridized carbons (Fsp3) is 0.250. The molecule has 0 aliphatic rings. The predicted octanol–water partition coefficient (Wildman–Crippen LogP) is 1.81. The number of oxazole rings is 1. The molecule has 5 heteroatoms. The van der Waals surface area contributed by atoms with E-state index in [4.69, 9.17) is 9.15 Å². The number of ether oxygens (including phenoxy) is 1. The van der Waals surface area contributed by atoms with Gasteiger partial charge in [-0.15, -0.1) is 0 Å². The van der Waals surface area contributed by atoms with Crippen LogP contribution in [0.1, 0.15) is 12.8 Å². The van der Waals surface area contributed by atoms with Gasteiger partial charge in [0.25, 0.3) is 5.89 Å². The highest BCUT2D eigenvalue weighted by molar-refractivity contribution is 6.42. The average Bonchev–Trinajstić information content (AvgIpc) is 2.73. The molecule has 0 unspecified atom stereocenters. The third kappa shape index (κ3) is 2.18. The fourth-order valence-electron chi connectivity index (χ4n) is 1.45. The third-order valence-corrected chi connectivity index (χ3v) is 2.19. The molecule has 1 aromatic carbocycles. The lowest BCUT2D eigenvalue weighted by molar-refractivity contribution is -0.135. The molecule has 88 valence electrons. The smallest absolute Gasteiger partial charge is 0.362 e. The van der Waals surface area contributed by atoms with Crippen molar-refractivity contribution in [3.05, 3.63) is 30.2 Å². The molecule has 5 nitrogen and oxygen atoms in total. The van der Waals surface area contributed by atoms with Crippen molar-refractivity contribution in [2.45, 2.75) is 6.92 Å². The Hall–Kier alpha value is -2.17. The fourth-order valence-corrected chi connectivity index (χ4v) is 1.45. The van der Waals surface area contributed by atoms with E-state index in [2.05, 4.69) is 9.98 Å². The minimum Gasteiger partial charge on any atom is -0.461 e. The van der Waals surface area contributed by atoms with E-state index >= 15 is 0 Å². The van der Waals surface area contributed by atoms with Crippen LogP contribution in [0.2, 0.25) is 0 Å². The number of hydrogen-bond donors (Lipinski definition) is 0. The van der Waals surface area contributed by atoms with Gasteiger partial charge in [0, 0.05) is 7.05 Å². The average molecular weight is 232 g/mol. The molecular weight excluding hydrogens is 220 g/mol. The van der Waals surface area contributed by atoms with Crippen LogP contribution in [0, 0.1) is 0 Å². The van der Waals surface area contributed by atoms with Crippen LogP contribution in [0.25, 0.3) is 11.1 Å². The Bertz CT molecular complexity index is 539. The number of rotatable bonds is 3. The summed E-state index contributed by atoms with van der Waals surface area (Å²) < 4.78 is 10.3. The van der Waals surface area contributed by atoms with Gasteiger partial charge in [-0.25, -0.2) is 9.78 Å². The van der Waals surface area contributed by atoms with Crippen LogP contribution < -0.4 is 0 Å². The van der Waals surface area contributed by atoms with Crippen molar-refractivity contribution < 1.29 is 13.9 Å². The van der Waals surface area contributed by atoms with E-state index in [0.717, 1.165) is 0 Å². The first-order valence-corrected chi connectivity index (χ1v) is 5.26. The van der Waals surface area contributed by atoms with Crippen molar-refractivity contribution in [3.63, 3.8) is 0 Å². The molecule has 0 bridgehead atoms. The Morgan fingerprint density at radius 1 is 1.47 bits per heavy atom. The maximum absolute atomic E-state index is 11.6. The van der Waals surface area contributed by atoms with Gasteiger partial charge in [-0.2, -0.15) is 0 Å². The van der Waals surface area contributed by atoms with E-state index in [1.807, 2.05) is 12.1 Å². The van der Waals surface area contributed by atoms with Crippen molar-refractivity contribution in [1.82, 2.24) is 4.98 Å². The summed E-state index contributed by atoms with van der Waals surface area (Å²) in [6.07, 6.45) is 0. The molecule has 17 heavy (non-hydrogen) atoms. The highest BCUT2D eigenvalue weighted by Gasteiger charge is 2.20. The van der Waals surface area contributed by atoms with Crippen LogP contribution in [0.4, 0.5) is 0 Å². The standard InChI is InChI=1S/C12H12N2O3/c1-3-16-12(15)10(13-2)11-14-8-6-4-5-7-9(8)17-11/h4-7H,3H2,1-2H3/b13-10-. The molecule has 0 saturated carbocycles. The number of nitrogens with zero attached hydrogens (tertiary/aromatic N) is 2. The summed E-state index contributed by atoms with van der Waals surface area (Å²) in [4.78, 5) is 19.6. The minimum atomic E-state index is -0.526. The van der Waals surface area contributed by atoms with Crippen molar-refractivity contribution in [1.29, 1.82) is 0 Å². The maximum atomic E-state index is 11.6. The summed E-state index contributed by atoms with van der Waals surface area (Å²) in [7, 11) is 1.50. The first kappa shape index (κ1) is 11.3. The largest absolute Gasteiger partial charge is 0.461 e. The van der Waals surface area contributed by atoms with Crippen molar-refractivity contribution in [3.8, 4) is 0 Å². The van der Waals surface area contributed by atoms with Crippen LogP contribution in [-0.4, -0.2) is 30.3 Å². The number of carbonyl (C=O) groups is 1. The van der Waals surface area contributed by atoms with Gasteiger partial charge in [0.05, 0.1) is 6.61 Å². The highest BCUT2D eigenvalue weighted by Crippen LogP contribution is 2.15. The summed E-state index contributed by atoms with van der Waals surface area (Å²) in [5, 5.41) is 0. The second-order valence-corrected chi connectivity index (χ2v) is 3.28. The SMILES string of the molecule is CCOC(=O)/C(=N\C)c1nc2ccccc2o1. The van der Waals surface area contributed by atoms with E-state index < -0.39 is 5.97 Å². The minimum absolute atomic E-state index is 0.100. The monoisotopic (exact) mass is 232 g/mol. The molecule has 1 heterocycles. The van der Waals surface area contributed by atoms with Crippen LogP contribution >= 0.6 is 0 Å². The number of benzene rings is 1. The molecule has 0 amide bonds. The zero-order valence-electron chi connectivity index (χ0n) is 9.64. The van der Waals surface area contributed by atoms with E-state index in [0.29, 0.717) is 11.1 Å². The van der Waals surface area contributed by atoms with Crippen LogP contribution in [0.5, 0.6) is 0 Å². The summed E-state index contributed by atoms with van der Waals surface area (Å²) >= 11 is 0. The summed E-state index contributed by atoms with van der Waals surface area (Å²) in [6, 6.07) is 7.28. The zero-order chi connectivity index (χ0) is 12.3. The lowest BCUT2D eigenvalue weighted by Crippen LogP contribution is -2.19. The second kappa shape index (κ2) is 4.78. The van der Waals surface area contributed by atoms with Crippen LogP contribution in [-0.2, 0) is 9.53 Å². The molecule has 0 N–H and O–H groups in total. The molecule has 0 fully saturated rings. The van der Waals surface area contributed by atoms with Crippen molar-refractivity contribution in [2.24, 2.45) is 4.99 Å². The van der Waals surface area contributed by atoms with Crippen LogP contribution in [0.3, 0.4) is 0 Å². The molecule has 0 aliphatic carbocycles. The van der Waals surface area contributed by atoms with Crippen molar-refractivity contribution in [2.75, 3.05) is 13.7 Å². The van der Waals surface area contributed by atoms with Gasteiger partial charge in [-0.3, -0.25) is 4.99 Å². The van der Waals surface area contributed by atoms with Crippen molar-refractivity contribution >= 4 is 22.8 Å². The number of esters is 1. The van der Waals surface area contributed by atoms with Gasteiger partial charge in [0.1, 0.15) is 5.52 Å². The first-order chi connectivity index (χ1) is 8.26. The van der Waals surface area contributed by atoms with Gasteiger partial charge < -0.3 is 9.15 Å². The summed E-state index contributed by atoms with van der Waals surface area (Å²) in [5.41, 5.74) is 1.41. The Balaban J connectivity index is 2.41. The first-order valence-electron chi connectivity index (χ1n) is 5.26. The molecule has 0 saturated heterocycles. The maximum Gasteiger partial charge on any atom is 0.362 e. The van der Waals surface area contributed by atoms with Crippen LogP contribution in [0.15, 0.2) is 33.7 Å². The second-order valence-electron chi connectivity index (χ2n) is 3.28. The van der Waals surface area contributed by atoms with Gasteiger partial charge in [0.2, 0.25) is 5.71 Å². The summed E-state index contributed by atoms with van der Waals surface area (Å²) in [5.74, 6) is -0.339. The molecule has 2 rings (SSSR count). The van der Waals surface area contributed by atoms with E-state index in [1.165, 1.54) is 7.05 Å². The lowest BCUT2D eigenvalue weighted by atomic mass is 10.3. The molecule has 2 aromatic rings. The highest BCUT2D eigenvalue weighted by atomic mass is 16.5. The van der Waals surface area contributed by atoms with Gasteiger partial charge >= 0.3 is 5.97 Å². The Morgan fingerprint density at radius 2 is 2.24 bits per heavy atom. The molecular formula is C12H12N2O3. The quantitative estimate of drug-likeness (QED) is 0.598. The number of aromatic nitrogens is 1. The third-order valence-electron chi connectivity index (χ3n) is 2.19. The Morgan fingerprint density at radius 3 is 2.88 bits per heavy atom. The normalized spacial score (nSPS) is 11.8. The number of fused-ring (bicyclic) bond motifs is 1. The Labute approximate surface area is 98.1 Å². The predicted molar refractivity (Wildman–Crippen MR) is 63.1 cm³/mol. The van der Waals surface area contributed by atoms with Gasteiger partial charge in [0.15, 0.2) is 5.58 Å². The summed E-state index contributed by atoms with van der Waals surface area (Å²) in [6.45, 7) is 2.02. The van der Waals surface area contributed by atoms with E-state index in [9.17, 15) is 4.79 Å². The topological polar surface area (TPSA) is 64.7 Å². The molecule has 1 aromatic heterocycles. The number of carbonyl (C=O) groups excluding carboxylic acids is 1. The number of aliphatic imine (C=N–C) groups is 1. The van der Waals surface area contributed by atoms with E-state index in [-0.39, 0.29) is 18.2 Å². The molecule has 0 spiro atoms. The molecule has 0 radical (unpaired) electrons. The number of para-hydroxylation sites is 2. The van der Waals surface area contributed by atoms with E-state index in [1.54, 1.807) is 19.1 Å². The zero-order valence-corrected chi connectivity index (χ0v) is 9.64. The number of hydrogen-bond acceptors (Lipinski definition) is 5. The Kier molecular flexibility index (Phi) is 3.18. The lowest BCUT2D eigenvalue weighted by Gasteiger charge is -2.00. The molecule has 0 atom stereocenters. The van der Waals surface area contributed by atoms with Gasteiger partial charge in [-0.05, 0) is 19.1 Å².